The van der Waals surface area contributed by atoms with Crippen LogP contribution in [-0.2, 0) is 0 Å². The van der Waals surface area contributed by atoms with Gasteiger partial charge in [-0.05, 0) is 24.3 Å². The van der Waals surface area contributed by atoms with Crippen molar-refractivity contribution in [3.8, 4) is 0 Å². The van der Waals surface area contributed by atoms with Gasteiger partial charge in [-0.1, -0.05) is 5.10 Å². The lowest BCUT2D eigenvalue weighted by Gasteiger charge is -2.28. The Balaban J connectivity index is 2.30. The average Bonchev–Trinajstić information content (AvgIpc) is 2.36. The first-order valence-electron chi connectivity index (χ1n) is 3.59. The molecule has 6 nitrogen and oxygen atoms in total. The molecule has 1 aromatic rings. The zero-order valence-corrected chi connectivity index (χ0v) is 6.44. The van der Waals surface area contributed by atoms with Crippen molar-refractivity contribution < 1.29 is 0 Å². The van der Waals surface area contributed by atoms with Crippen LogP contribution < -0.4 is 10.7 Å². The van der Waals surface area contributed by atoms with E-state index in [9.17, 15) is 0 Å². The Kier molecular flexibility index (Phi) is 1.21. The normalized spacial score (nSPS) is 28.5. The standard InChI is InChI=1S/C5H10N6/c1-3-4(2)8-11-5(6-3)7-9-10-11/h3-4,8H,1-2H3,(H,6,7,10)/t3-,4+/m0/s1. The number of nitrogens with zero attached hydrogens (tertiary/aromatic N) is 4. The minimum Gasteiger partial charge on any atom is -0.347 e. The Labute approximate surface area is 63.9 Å². The molecule has 2 heterocycles. The first kappa shape index (κ1) is 6.38. The SMILES string of the molecule is C[C@@H]1Nc2nnnn2N[C@@H]1C. The van der Waals surface area contributed by atoms with Gasteiger partial charge in [-0.25, -0.2) is 0 Å². The van der Waals surface area contributed by atoms with E-state index in [-0.39, 0.29) is 0 Å². The van der Waals surface area contributed by atoms with E-state index in [0.717, 1.165) is 0 Å². The summed E-state index contributed by atoms with van der Waals surface area (Å²) in [7, 11) is 0. The Hall–Kier alpha value is -1.33. The van der Waals surface area contributed by atoms with Crippen LogP contribution in [0.2, 0.25) is 0 Å². The van der Waals surface area contributed by atoms with Gasteiger partial charge < -0.3 is 10.7 Å². The number of fused-ring (bicyclic) bond motifs is 1. The molecule has 0 fully saturated rings. The van der Waals surface area contributed by atoms with E-state index in [1.807, 2.05) is 0 Å². The Morgan fingerprint density at radius 1 is 1.36 bits per heavy atom. The molecule has 11 heavy (non-hydrogen) atoms. The van der Waals surface area contributed by atoms with Crippen molar-refractivity contribution in [2.45, 2.75) is 25.9 Å². The number of aromatic nitrogens is 4. The summed E-state index contributed by atoms with van der Waals surface area (Å²) in [5.41, 5.74) is 3.11. The van der Waals surface area contributed by atoms with Gasteiger partial charge in [0.05, 0.1) is 6.04 Å². The predicted molar refractivity (Wildman–Crippen MR) is 39.7 cm³/mol. The van der Waals surface area contributed by atoms with Gasteiger partial charge in [0, 0.05) is 6.04 Å². The second kappa shape index (κ2) is 2.08. The van der Waals surface area contributed by atoms with Gasteiger partial charge in [-0.3, -0.25) is 0 Å². The van der Waals surface area contributed by atoms with Crippen LogP contribution in [0.25, 0.3) is 0 Å². The van der Waals surface area contributed by atoms with Gasteiger partial charge in [0.1, 0.15) is 0 Å². The molecule has 60 valence electrons. The van der Waals surface area contributed by atoms with Gasteiger partial charge in [0.2, 0.25) is 0 Å². The molecule has 6 heteroatoms. The topological polar surface area (TPSA) is 67.7 Å². The molecule has 0 saturated carbocycles. The third-order valence-corrected chi connectivity index (χ3v) is 1.90. The third-order valence-electron chi connectivity index (χ3n) is 1.90. The fraction of sp³-hybridized carbons (Fsp3) is 0.800. The molecule has 2 atom stereocenters. The summed E-state index contributed by atoms with van der Waals surface area (Å²) in [5, 5.41) is 14.2. The minimum absolute atomic E-state index is 0.339. The number of rotatable bonds is 0. The van der Waals surface area contributed by atoms with E-state index in [1.54, 1.807) is 4.79 Å². The number of hydrogen-bond acceptors (Lipinski definition) is 5. The van der Waals surface area contributed by atoms with Gasteiger partial charge in [0.15, 0.2) is 0 Å². The summed E-state index contributed by atoms with van der Waals surface area (Å²) in [5.74, 6) is 0.676. The molecular formula is C5H10N6. The smallest absolute Gasteiger partial charge is 0.263 e. The first-order chi connectivity index (χ1) is 5.27. The molecule has 2 N–H and O–H groups in total. The summed E-state index contributed by atoms with van der Waals surface area (Å²) in [6.45, 7) is 4.15. The van der Waals surface area contributed by atoms with Gasteiger partial charge in [-0.2, -0.15) is 0 Å². The lowest BCUT2D eigenvalue weighted by molar-refractivity contribution is 0.535. The fourth-order valence-corrected chi connectivity index (χ4v) is 0.997. The van der Waals surface area contributed by atoms with Crippen LogP contribution in [0.15, 0.2) is 0 Å². The van der Waals surface area contributed by atoms with Crippen molar-refractivity contribution in [1.82, 2.24) is 20.3 Å². The van der Waals surface area contributed by atoms with E-state index < -0.39 is 0 Å². The van der Waals surface area contributed by atoms with Crippen molar-refractivity contribution >= 4 is 5.95 Å². The van der Waals surface area contributed by atoms with Crippen molar-refractivity contribution in [2.24, 2.45) is 0 Å². The zero-order chi connectivity index (χ0) is 7.84. The van der Waals surface area contributed by atoms with Crippen LogP contribution in [0.5, 0.6) is 0 Å². The highest BCUT2D eigenvalue weighted by Gasteiger charge is 2.21. The number of hydrogen-bond donors (Lipinski definition) is 2. The van der Waals surface area contributed by atoms with E-state index in [0.29, 0.717) is 18.0 Å². The van der Waals surface area contributed by atoms with Crippen LogP contribution in [0.4, 0.5) is 5.95 Å². The molecule has 0 saturated heterocycles. The summed E-state index contributed by atoms with van der Waals surface area (Å²) in [4.78, 5) is 1.55. The van der Waals surface area contributed by atoms with Crippen LogP contribution >= 0.6 is 0 Å². The second-order valence-corrected chi connectivity index (χ2v) is 2.77. The maximum Gasteiger partial charge on any atom is 0.263 e. The summed E-state index contributed by atoms with van der Waals surface area (Å²) in [6.07, 6.45) is 0. The second-order valence-electron chi connectivity index (χ2n) is 2.77. The molecule has 1 aromatic heterocycles. The maximum atomic E-state index is 3.77. The molecule has 0 unspecified atom stereocenters. The fourth-order valence-electron chi connectivity index (χ4n) is 0.997. The largest absolute Gasteiger partial charge is 0.347 e. The number of anilines is 1. The highest BCUT2D eigenvalue weighted by molar-refractivity contribution is 5.29. The van der Waals surface area contributed by atoms with Crippen molar-refractivity contribution in [1.29, 1.82) is 0 Å². The van der Waals surface area contributed by atoms with E-state index in [4.69, 9.17) is 0 Å². The predicted octanol–water partition coefficient (Wildman–Crippen LogP) is -0.581. The highest BCUT2D eigenvalue weighted by atomic mass is 15.7. The van der Waals surface area contributed by atoms with Crippen molar-refractivity contribution in [2.75, 3.05) is 10.7 Å². The maximum absolute atomic E-state index is 3.77. The Bertz CT molecular complexity index is 231. The molecule has 0 amide bonds. The Morgan fingerprint density at radius 2 is 2.18 bits per heavy atom. The third kappa shape index (κ3) is 0.903. The summed E-state index contributed by atoms with van der Waals surface area (Å²) < 4.78 is 0. The van der Waals surface area contributed by atoms with Crippen LogP contribution in [0.3, 0.4) is 0 Å². The molecule has 0 aliphatic carbocycles. The molecule has 2 rings (SSSR count). The highest BCUT2D eigenvalue weighted by Crippen LogP contribution is 2.09. The lowest BCUT2D eigenvalue weighted by atomic mass is 10.2. The van der Waals surface area contributed by atoms with Crippen molar-refractivity contribution in [3.63, 3.8) is 0 Å². The van der Waals surface area contributed by atoms with E-state index >= 15 is 0 Å². The van der Waals surface area contributed by atoms with Crippen LogP contribution in [0, 0.1) is 0 Å². The lowest BCUT2D eigenvalue weighted by Crippen LogP contribution is -2.45. The molecule has 0 spiro atoms. The Morgan fingerprint density at radius 3 is 3.00 bits per heavy atom. The molecule has 0 bridgehead atoms. The van der Waals surface area contributed by atoms with Crippen LogP contribution in [-0.4, -0.2) is 32.4 Å². The average molecular weight is 154 g/mol. The quantitative estimate of drug-likeness (QED) is 0.523. The molecule has 0 aromatic carbocycles. The van der Waals surface area contributed by atoms with Gasteiger partial charge >= 0.3 is 0 Å². The van der Waals surface area contributed by atoms with Gasteiger partial charge in [0.25, 0.3) is 5.95 Å². The molecule has 1 aliphatic rings. The molecule has 0 radical (unpaired) electrons. The molecule has 1 aliphatic heterocycles. The van der Waals surface area contributed by atoms with Crippen molar-refractivity contribution in [3.05, 3.63) is 0 Å². The van der Waals surface area contributed by atoms with E-state index in [2.05, 4.69) is 40.1 Å². The summed E-state index contributed by atoms with van der Waals surface area (Å²) in [6, 6.07) is 0.694. The van der Waals surface area contributed by atoms with E-state index in [1.165, 1.54) is 0 Å². The number of nitrogens with one attached hydrogen (secondary N) is 2. The summed E-state index contributed by atoms with van der Waals surface area (Å²) >= 11 is 0. The first-order valence-corrected chi connectivity index (χ1v) is 3.59. The minimum atomic E-state index is 0.339. The van der Waals surface area contributed by atoms with Crippen LogP contribution in [0.1, 0.15) is 13.8 Å². The zero-order valence-electron chi connectivity index (χ0n) is 6.44. The monoisotopic (exact) mass is 154 g/mol. The van der Waals surface area contributed by atoms with Gasteiger partial charge in [-0.15, -0.1) is 4.79 Å². The molecular weight excluding hydrogens is 144 g/mol. The number of tetrazole rings is 1.